The Morgan fingerprint density at radius 2 is 1.09 bits per heavy atom. The van der Waals surface area contributed by atoms with Gasteiger partial charge >= 0.3 is 23.9 Å². The quantitative estimate of drug-likeness (QED) is 0.323. The Kier molecular flexibility index (Phi) is 30.5. The maximum Gasteiger partial charge on any atom is 0.320 e. The zero-order valence-corrected chi connectivity index (χ0v) is 21.3. The van der Waals surface area contributed by atoms with Gasteiger partial charge in [0.2, 0.25) is 0 Å². The van der Waals surface area contributed by atoms with Crippen molar-refractivity contribution >= 4 is 142 Å². The summed E-state index contributed by atoms with van der Waals surface area (Å²) in [6.45, 7) is -1.58. The van der Waals surface area contributed by atoms with Gasteiger partial charge in [-0.1, -0.05) is 0 Å². The van der Waals surface area contributed by atoms with E-state index in [1.807, 2.05) is 0 Å². The second-order valence-corrected chi connectivity index (χ2v) is 3.48. The van der Waals surface area contributed by atoms with Crippen LogP contribution < -0.4 is 0 Å². The van der Waals surface area contributed by atoms with E-state index in [0.717, 1.165) is 0 Å². The van der Waals surface area contributed by atoms with Gasteiger partial charge in [0.1, 0.15) is 6.04 Å². The number of rotatable bonds is 9. The molecule has 0 aliphatic carbocycles. The standard InChI is InChI=1S/C9H13NO8.4Na/c11-6(12)2-1-5(9(17)18)10(3-7(13)14)4-8(15)16;;;;/h5H,1-4H2,(H,11,12)(H,13,14)(H,15,16)(H,17,18);;;;/t5-;;;;/m0..../s1. The third-order valence-corrected chi connectivity index (χ3v) is 2.03. The smallest absolute Gasteiger partial charge is 0.320 e. The Hall–Kier alpha value is 1.84. The fraction of sp³-hybridized carbons (Fsp3) is 0.556. The van der Waals surface area contributed by atoms with Crippen LogP contribution in [0.3, 0.4) is 0 Å². The molecule has 0 rings (SSSR count). The summed E-state index contributed by atoms with van der Waals surface area (Å²) >= 11 is 0. The van der Waals surface area contributed by atoms with Gasteiger partial charge in [0, 0.05) is 125 Å². The molecular formula is C9H13NNa4O8. The molecule has 4 radical (unpaired) electrons. The van der Waals surface area contributed by atoms with Crippen LogP contribution in [-0.4, -0.2) is 187 Å². The first-order valence-corrected chi connectivity index (χ1v) is 4.86. The number of carboxylic acid groups (broad SMARTS) is 4. The first-order chi connectivity index (χ1) is 8.23. The summed E-state index contributed by atoms with van der Waals surface area (Å²) in [5.41, 5.74) is 0. The second kappa shape index (κ2) is 19.2. The minimum atomic E-state index is -1.46. The summed E-state index contributed by atoms with van der Waals surface area (Å²) in [5.74, 6) is -5.48. The van der Waals surface area contributed by atoms with E-state index in [2.05, 4.69) is 0 Å². The summed E-state index contributed by atoms with van der Waals surface area (Å²) in [5, 5.41) is 34.4. The molecule has 1 atom stereocenters. The van der Waals surface area contributed by atoms with E-state index in [-0.39, 0.29) is 125 Å². The van der Waals surface area contributed by atoms with Gasteiger partial charge in [-0.2, -0.15) is 0 Å². The van der Waals surface area contributed by atoms with Crippen LogP contribution in [0.15, 0.2) is 0 Å². The Labute approximate surface area is 215 Å². The van der Waals surface area contributed by atoms with Gasteiger partial charge in [-0.05, 0) is 6.42 Å². The van der Waals surface area contributed by atoms with Crippen molar-refractivity contribution in [2.45, 2.75) is 18.9 Å². The zero-order chi connectivity index (χ0) is 14.3. The summed E-state index contributed by atoms with van der Waals surface area (Å²) in [7, 11) is 0. The summed E-state index contributed by atoms with van der Waals surface area (Å²) in [4.78, 5) is 43.0. The molecule has 0 aliphatic heterocycles. The fourth-order valence-electron chi connectivity index (χ4n) is 1.35. The molecule has 0 spiro atoms. The van der Waals surface area contributed by atoms with Crippen LogP contribution >= 0.6 is 0 Å². The topological polar surface area (TPSA) is 152 Å². The first kappa shape index (κ1) is 35.0. The molecule has 0 saturated carbocycles. The Bertz CT molecular complexity index is 352. The Morgan fingerprint density at radius 1 is 0.727 bits per heavy atom. The van der Waals surface area contributed by atoms with Crippen LogP contribution in [0.1, 0.15) is 12.8 Å². The minimum absolute atomic E-state index is 0. The van der Waals surface area contributed by atoms with Crippen molar-refractivity contribution in [1.82, 2.24) is 4.90 Å². The number of hydrogen-bond donors (Lipinski definition) is 4. The molecule has 0 aromatic carbocycles. The third-order valence-electron chi connectivity index (χ3n) is 2.03. The van der Waals surface area contributed by atoms with Crippen LogP contribution in [0.4, 0.5) is 0 Å². The molecule has 0 heterocycles. The predicted octanol–water partition coefficient (Wildman–Crippen LogP) is -2.75. The molecule has 0 bridgehead atoms. The van der Waals surface area contributed by atoms with Crippen molar-refractivity contribution in [3.63, 3.8) is 0 Å². The summed E-state index contributed by atoms with van der Waals surface area (Å²) < 4.78 is 0. The molecule has 9 nitrogen and oxygen atoms in total. The fourth-order valence-corrected chi connectivity index (χ4v) is 1.35. The van der Waals surface area contributed by atoms with Crippen LogP contribution in [0.2, 0.25) is 0 Å². The van der Waals surface area contributed by atoms with Gasteiger partial charge in [-0.15, -0.1) is 0 Å². The van der Waals surface area contributed by atoms with Crippen molar-refractivity contribution in [2.75, 3.05) is 13.1 Å². The number of carbonyl (C=O) groups is 4. The number of carboxylic acids is 4. The van der Waals surface area contributed by atoms with Crippen molar-refractivity contribution < 1.29 is 39.6 Å². The maximum absolute atomic E-state index is 10.9. The minimum Gasteiger partial charge on any atom is -0.481 e. The van der Waals surface area contributed by atoms with E-state index in [0.29, 0.717) is 4.90 Å². The van der Waals surface area contributed by atoms with Crippen LogP contribution in [0.25, 0.3) is 0 Å². The molecule has 0 aliphatic rings. The van der Waals surface area contributed by atoms with E-state index < -0.39 is 49.4 Å². The maximum atomic E-state index is 10.9. The first-order valence-electron chi connectivity index (χ1n) is 4.86. The van der Waals surface area contributed by atoms with Gasteiger partial charge in [-0.25, -0.2) is 0 Å². The molecule has 106 valence electrons. The van der Waals surface area contributed by atoms with E-state index in [1.165, 1.54) is 0 Å². The largest absolute Gasteiger partial charge is 0.481 e. The van der Waals surface area contributed by atoms with Crippen molar-refractivity contribution in [2.24, 2.45) is 0 Å². The van der Waals surface area contributed by atoms with Gasteiger partial charge < -0.3 is 20.4 Å². The molecule has 13 heteroatoms. The molecule has 0 amide bonds. The Morgan fingerprint density at radius 3 is 1.32 bits per heavy atom. The van der Waals surface area contributed by atoms with Crippen LogP contribution in [0, 0.1) is 0 Å². The molecule has 22 heavy (non-hydrogen) atoms. The number of aliphatic carboxylic acids is 4. The number of hydrogen-bond acceptors (Lipinski definition) is 5. The van der Waals surface area contributed by atoms with E-state index in [1.54, 1.807) is 0 Å². The SMILES string of the molecule is O=C(O)CC[C@@H](C(=O)O)N(CC(=O)O)CC(=O)O.[Na].[Na].[Na].[Na]. The van der Waals surface area contributed by atoms with Crippen LogP contribution in [0.5, 0.6) is 0 Å². The average Bonchev–Trinajstić information content (AvgIpc) is 2.14. The molecule has 0 unspecified atom stereocenters. The van der Waals surface area contributed by atoms with E-state index in [9.17, 15) is 19.2 Å². The van der Waals surface area contributed by atoms with Crippen molar-refractivity contribution in [3.05, 3.63) is 0 Å². The monoisotopic (exact) mass is 355 g/mol. The number of nitrogens with zero attached hydrogens (tertiary/aromatic N) is 1. The van der Waals surface area contributed by atoms with Gasteiger partial charge in [0.05, 0.1) is 13.1 Å². The van der Waals surface area contributed by atoms with E-state index in [4.69, 9.17) is 20.4 Å². The normalized spacial score (nSPS) is 9.86. The van der Waals surface area contributed by atoms with Gasteiger partial charge in [0.15, 0.2) is 0 Å². The Balaban J connectivity index is -0.000000241. The molecule has 0 aromatic rings. The predicted molar refractivity (Wildman–Crippen MR) is 78.2 cm³/mol. The van der Waals surface area contributed by atoms with Crippen molar-refractivity contribution in [1.29, 1.82) is 0 Å². The molecule has 0 fully saturated rings. The molecule has 0 aromatic heterocycles. The summed E-state index contributed by atoms with van der Waals surface area (Å²) in [6, 6.07) is -1.46. The van der Waals surface area contributed by atoms with Gasteiger partial charge in [0.25, 0.3) is 0 Å². The molecular weight excluding hydrogens is 342 g/mol. The average molecular weight is 355 g/mol. The van der Waals surface area contributed by atoms with E-state index >= 15 is 0 Å². The molecule has 0 saturated heterocycles. The van der Waals surface area contributed by atoms with Crippen LogP contribution in [-0.2, 0) is 19.2 Å². The third kappa shape index (κ3) is 18.2. The van der Waals surface area contributed by atoms with Gasteiger partial charge in [-0.3, -0.25) is 24.1 Å². The molecule has 4 N–H and O–H groups in total. The van der Waals surface area contributed by atoms with Crippen molar-refractivity contribution in [3.8, 4) is 0 Å². The summed E-state index contributed by atoms with van der Waals surface area (Å²) in [6.07, 6.45) is -0.863. The second-order valence-electron chi connectivity index (χ2n) is 3.48. The zero-order valence-electron chi connectivity index (χ0n) is 13.3.